The summed E-state index contributed by atoms with van der Waals surface area (Å²) < 4.78 is 35.1. The summed E-state index contributed by atoms with van der Waals surface area (Å²) in [6.45, 7) is 12.8. The van der Waals surface area contributed by atoms with Crippen LogP contribution in [0, 0.1) is 17.3 Å². The van der Waals surface area contributed by atoms with Gasteiger partial charge in [-0.3, -0.25) is 14.4 Å². The van der Waals surface area contributed by atoms with Gasteiger partial charge in [-0.05, 0) is 43.6 Å². The Labute approximate surface area is 291 Å². The standard InChI is InChI=1S/C37H47NO12/c1-19-25-16-28(46-20(2)39)36(8)27(37(49-22(4)41)18-45-30(37)17-29(36)47-21(3)40)15-24(25)14-26(19)48-33(43)32(42)31(23-12-10-9-11-13-23)38-34(44)50-35(5,6)7/h9-13,15-16,19,26-32,42H,14,17-18H2,1-8H3,(H,38,44)/t19-,26-,27+,28+,29+,30-,31+,32-,36-,37-/m1/s1. The Balaban J connectivity index is 1.48. The molecule has 272 valence electrons. The quantitative estimate of drug-likeness (QED) is 0.296. The summed E-state index contributed by atoms with van der Waals surface area (Å²) in [4.78, 5) is 63.7. The summed E-state index contributed by atoms with van der Waals surface area (Å²) in [6, 6.07) is 7.36. The molecule has 1 heterocycles. The van der Waals surface area contributed by atoms with E-state index in [4.69, 9.17) is 28.4 Å². The second kappa shape index (κ2) is 13.8. The minimum absolute atomic E-state index is 0.0852. The number of alkyl carbamates (subject to hydrolysis) is 1. The van der Waals surface area contributed by atoms with Crippen molar-refractivity contribution in [2.75, 3.05) is 6.61 Å². The van der Waals surface area contributed by atoms with Gasteiger partial charge >= 0.3 is 30.0 Å². The molecular formula is C37H47NO12. The summed E-state index contributed by atoms with van der Waals surface area (Å²) in [5, 5.41) is 13.9. The van der Waals surface area contributed by atoms with Gasteiger partial charge in [0.2, 0.25) is 0 Å². The predicted molar refractivity (Wildman–Crippen MR) is 176 cm³/mol. The first kappa shape index (κ1) is 37.0. The minimum atomic E-state index is -1.79. The highest BCUT2D eigenvalue weighted by molar-refractivity contribution is 5.78. The molecule has 1 amide bonds. The molecule has 0 spiro atoms. The summed E-state index contributed by atoms with van der Waals surface area (Å²) in [6.07, 6.45) is -1.44. The lowest BCUT2D eigenvalue weighted by Gasteiger charge is -2.62. The third-order valence-electron chi connectivity index (χ3n) is 10.1. The van der Waals surface area contributed by atoms with E-state index in [0.29, 0.717) is 5.56 Å². The number of carbonyl (C=O) groups excluding carboxylic acids is 5. The van der Waals surface area contributed by atoms with E-state index < -0.39 is 95.0 Å². The molecule has 0 aromatic heterocycles. The number of hydrogen-bond acceptors (Lipinski definition) is 12. The number of benzene rings is 1. The molecule has 1 aromatic rings. The lowest BCUT2D eigenvalue weighted by Crippen LogP contribution is -2.75. The topological polar surface area (TPSA) is 173 Å². The van der Waals surface area contributed by atoms with E-state index in [0.717, 1.165) is 11.1 Å². The Kier molecular flexibility index (Phi) is 10.2. The van der Waals surface area contributed by atoms with Crippen LogP contribution in [0.1, 0.15) is 79.8 Å². The Bertz CT molecular complexity index is 1580. The van der Waals surface area contributed by atoms with Crippen molar-refractivity contribution in [3.63, 3.8) is 0 Å². The number of aliphatic hydroxyl groups is 1. The molecule has 4 aliphatic rings. The molecule has 1 saturated heterocycles. The molecule has 50 heavy (non-hydrogen) atoms. The summed E-state index contributed by atoms with van der Waals surface area (Å²) in [7, 11) is 0. The fourth-order valence-corrected chi connectivity index (χ4v) is 7.83. The van der Waals surface area contributed by atoms with Crippen LogP contribution in [0.5, 0.6) is 0 Å². The second-order valence-corrected chi connectivity index (χ2v) is 14.8. The first-order chi connectivity index (χ1) is 23.4. The van der Waals surface area contributed by atoms with Crippen LogP contribution in [-0.4, -0.2) is 83.4 Å². The molecule has 3 aliphatic carbocycles. The van der Waals surface area contributed by atoms with Crippen molar-refractivity contribution < 1.29 is 57.5 Å². The number of hydrogen-bond donors (Lipinski definition) is 2. The maximum atomic E-state index is 13.6. The van der Waals surface area contributed by atoms with Crippen molar-refractivity contribution in [1.29, 1.82) is 0 Å². The van der Waals surface area contributed by atoms with Crippen LogP contribution in [0.25, 0.3) is 0 Å². The fraction of sp³-hybridized carbons (Fsp3) is 0.595. The average molecular weight is 698 g/mol. The van der Waals surface area contributed by atoms with Gasteiger partial charge in [0, 0.05) is 45.4 Å². The lowest BCUT2D eigenvalue weighted by atomic mass is 9.54. The van der Waals surface area contributed by atoms with Crippen molar-refractivity contribution in [2.24, 2.45) is 17.3 Å². The Morgan fingerprint density at radius 2 is 1.62 bits per heavy atom. The number of esters is 4. The molecule has 13 heteroatoms. The van der Waals surface area contributed by atoms with E-state index in [1.165, 1.54) is 20.8 Å². The Morgan fingerprint density at radius 3 is 2.18 bits per heavy atom. The maximum Gasteiger partial charge on any atom is 0.408 e. The zero-order valence-corrected chi connectivity index (χ0v) is 29.7. The van der Waals surface area contributed by atoms with Crippen LogP contribution >= 0.6 is 0 Å². The molecule has 13 nitrogen and oxygen atoms in total. The summed E-state index contributed by atoms with van der Waals surface area (Å²) in [5.41, 5.74) is -1.05. The molecule has 1 aromatic carbocycles. The van der Waals surface area contributed by atoms with Crippen LogP contribution in [0.15, 0.2) is 53.6 Å². The maximum absolute atomic E-state index is 13.6. The number of ether oxygens (including phenoxy) is 6. The number of aliphatic hydroxyl groups excluding tert-OH is 1. The third-order valence-corrected chi connectivity index (χ3v) is 10.1. The van der Waals surface area contributed by atoms with Gasteiger partial charge < -0.3 is 38.8 Å². The van der Waals surface area contributed by atoms with E-state index in [1.807, 2.05) is 19.9 Å². The highest BCUT2D eigenvalue weighted by Gasteiger charge is 2.71. The van der Waals surface area contributed by atoms with Gasteiger partial charge in [-0.25, -0.2) is 9.59 Å². The van der Waals surface area contributed by atoms with E-state index in [1.54, 1.807) is 57.2 Å². The van der Waals surface area contributed by atoms with Crippen LogP contribution in [0.2, 0.25) is 0 Å². The van der Waals surface area contributed by atoms with Crippen LogP contribution < -0.4 is 5.32 Å². The molecule has 0 radical (unpaired) electrons. The molecule has 10 atom stereocenters. The van der Waals surface area contributed by atoms with Crippen molar-refractivity contribution in [3.05, 3.63) is 59.2 Å². The molecule has 1 aliphatic heterocycles. The summed E-state index contributed by atoms with van der Waals surface area (Å²) in [5.74, 6) is -3.63. The number of carbonyl (C=O) groups is 5. The third kappa shape index (κ3) is 7.16. The number of nitrogens with one attached hydrogen (secondary N) is 1. The van der Waals surface area contributed by atoms with Gasteiger partial charge in [-0.2, -0.15) is 0 Å². The van der Waals surface area contributed by atoms with Gasteiger partial charge in [-0.1, -0.05) is 50.3 Å². The van der Waals surface area contributed by atoms with E-state index >= 15 is 0 Å². The number of fused-ring (bicyclic) bond motifs is 4. The highest BCUT2D eigenvalue weighted by Crippen LogP contribution is 2.60. The average Bonchev–Trinajstić information content (AvgIpc) is 3.22. The van der Waals surface area contributed by atoms with E-state index in [9.17, 15) is 29.1 Å². The Hall–Kier alpha value is -4.23. The zero-order valence-electron chi connectivity index (χ0n) is 29.7. The number of amides is 1. The van der Waals surface area contributed by atoms with Crippen LogP contribution in [-0.2, 0) is 47.6 Å². The van der Waals surface area contributed by atoms with E-state index in [-0.39, 0.29) is 19.4 Å². The largest absolute Gasteiger partial charge is 0.462 e. The van der Waals surface area contributed by atoms with Gasteiger partial charge in [0.25, 0.3) is 0 Å². The predicted octanol–water partition coefficient (Wildman–Crippen LogP) is 4.02. The van der Waals surface area contributed by atoms with Crippen molar-refractivity contribution in [1.82, 2.24) is 5.32 Å². The molecule has 0 unspecified atom stereocenters. The normalized spacial score (nSPS) is 32.4. The molecule has 2 saturated carbocycles. The number of rotatable bonds is 8. The Morgan fingerprint density at radius 1 is 0.960 bits per heavy atom. The van der Waals surface area contributed by atoms with Gasteiger partial charge in [0.1, 0.15) is 30.0 Å². The smallest absolute Gasteiger partial charge is 0.408 e. The van der Waals surface area contributed by atoms with Crippen molar-refractivity contribution in [2.45, 2.75) is 116 Å². The zero-order chi connectivity index (χ0) is 36.8. The van der Waals surface area contributed by atoms with Gasteiger partial charge in [0.05, 0.1) is 18.1 Å². The molecule has 3 fully saturated rings. The van der Waals surface area contributed by atoms with Gasteiger partial charge in [-0.15, -0.1) is 0 Å². The molecule has 5 rings (SSSR count). The monoisotopic (exact) mass is 697 g/mol. The first-order valence-electron chi connectivity index (χ1n) is 16.9. The second-order valence-electron chi connectivity index (χ2n) is 14.8. The van der Waals surface area contributed by atoms with Crippen molar-refractivity contribution >= 4 is 30.0 Å². The van der Waals surface area contributed by atoms with E-state index in [2.05, 4.69) is 5.32 Å². The lowest BCUT2D eigenvalue weighted by molar-refractivity contribution is -0.321. The SMILES string of the molecule is CC(=O)O[C@H]1C=C2C(=C[C@@H]3[C@]4(OC(C)=O)CO[C@@H]4C[C@H](OC(C)=O)[C@@]13C)C[C@@H](OC(=O)[C@H](O)[C@@H](NC(=O)OC(C)(C)C)c1ccccc1)[C@@H]2C. The van der Waals surface area contributed by atoms with Crippen LogP contribution in [0.4, 0.5) is 4.79 Å². The van der Waals surface area contributed by atoms with Crippen molar-refractivity contribution in [3.8, 4) is 0 Å². The fourth-order valence-electron chi connectivity index (χ4n) is 7.83. The molecule has 0 bridgehead atoms. The molecular weight excluding hydrogens is 650 g/mol. The summed E-state index contributed by atoms with van der Waals surface area (Å²) >= 11 is 0. The van der Waals surface area contributed by atoms with Gasteiger partial charge in [0.15, 0.2) is 11.7 Å². The first-order valence-corrected chi connectivity index (χ1v) is 16.9. The minimum Gasteiger partial charge on any atom is -0.462 e. The molecule has 2 N–H and O–H groups in total. The highest BCUT2D eigenvalue weighted by atomic mass is 16.6. The van der Waals surface area contributed by atoms with Crippen LogP contribution in [0.3, 0.4) is 0 Å².